The van der Waals surface area contributed by atoms with E-state index in [1.54, 1.807) is 0 Å². The molecule has 0 spiro atoms. The summed E-state index contributed by atoms with van der Waals surface area (Å²) in [4.78, 5) is 0. The predicted octanol–water partition coefficient (Wildman–Crippen LogP) is 5.24. The van der Waals surface area contributed by atoms with Gasteiger partial charge in [0.05, 0.1) is 7.59 Å². The monoisotopic (exact) mass is 404 g/mol. The molecule has 2 aromatic carbocycles. The topological polar surface area (TPSA) is 33.3 Å². The van der Waals surface area contributed by atoms with Crippen LogP contribution in [0.25, 0.3) is 0 Å². The Hall–Kier alpha value is -2.45. The lowest BCUT2D eigenvalue weighted by Crippen LogP contribution is -2.69. The van der Waals surface area contributed by atoms with E-state index in [0.29, 0.717) is 0 Å². The van der Waals surface area contributed by atoms with Crippen LogP contribution in [0.5, 0.6) is 0 Å². The summed E-state index contributed by atoms with van der Waals surface area (Å²) >= 11 is 0. The van der Waals surface area contributed by atoms with Crippen LogP contribution in [0.2, 0.25) is 32.2 Å². The van der Waals surface area contributed by atoms with Crippen molar-refractivity contribution in [3.8, 4) is 24.7 Å². The van der Waals surface area contributed by atoms with Gasteiger partial charge in [-0.1, -0.05) is 43.1 Å². The average molecular weight is 405 g/mol. The molecule has 0 atom stereocenters. The molecule has 0 radical (unpaired) electrons. The molecule has 28 heavy (non-hydrogen) atoms. The molecule has 1 fully saturated rings. The molecule has 1 aliphatic rings. The van der Waals surface area contributed by atoms with Crippen LogP contribution in [0, 0.1) is 24.7 Å². The van der Waals surface area contributed by atoms with Crippen LogP contribution in [-0.2, 0) is 4.43 Å². The molecular formula is C23H28N2OSi2. The molecule has 5 heteroatoms. The van der Waals surface area contributed by atoms with Gasteiger partial charge >= 0.3 is 0 Å². The highest BCUT2D eigenvalue weighted by molar-refractivity contribution is 7.38. The van der Waals surface area contributed by atoms with Gasteiger partial charge in [-0.05, 0) is 49.5 Å². The summed E-state index contributed by atoms with van der Waals surface area (Å²) in [5, 5.41) is 7.25. The van der Waals surface area contributed by atoms with Crippen molar-refractivity contribution in [2.45, 2.75) is 44.5 Å². The van der Waals surface area contributed by atoms with E-state index in [-0.39, 0.29) is 0 Å². The molecule has 0 saturated carbocycles. The zero-order valence-corrected chi connectivity index (χ0v) is 19.1. The van der Waals surface area contributed by atoms with E-state index >= 15 is 0 Å². The first-order valence-electron chi connectivity index (χ1n) is 9.59. The zero-order valence-electron chi connectivity index (χ0n) is 17.1. The van der Waals surface area contributed by atoms with E-state index in [1.807, 2.05) is 48.5 Å². The summed E-state index contributed by atoms with van der Waals surface area (Å²) in [6, 6.07) is 17.0. The maximum Gasteiger partial charge on any atom is 0.206 e. The Labute approximate surface area is 170 Å². The molecule has 3 rings (SSSR count). The van der Waals surface area contributed by atoms with Crippen molar-refractivity contribution in [1.29, 1.82) is 0 Å². The van der Waals surface area contributed by atoms with Gasteiger partial charge in [-0.15, -0.1) is 12.8 Å². The Bertz CT molecular complexity index is 894. The third-order valence-corrected chi connectivity index (χ3v) is 22.4. The van der Waals surface area contributed by atoms with Gasteiger partial charge in [0.2, 0.25) is 5.85 Å². The average Bonchev–Trinajstić information content (AvgIpc) is 2.65. The van der Waals surface area contributed by atoms with Gasteiger partial charge in [-0.2, -0.15) is 0 Å². The van der Waals surface area contributed by atoms with Gasteiger partial charge < -0.3 is 15.1 Å². The number of hydrogen-bond donors (Lipinski definition) is 2. The molecule has 2 N–H and O–H groups in total. The molecule has 1 aliphatic heterocycles. The Morgan fingerprint density at radius 3 is 1.82 bits per heavy atom. The number of benzene rings is 2. The fourth-order valence-electron chi connectivity index (χ4n) is 3.46. The second-order valence-electron chi connectivity index (χ2n) is 8.52. The first-order valence-corrected chi connectivity index (χ1v) is 16.7. The molecule has 2 aromatic rings. The largest absolute Gasteiger partial charge is 0.382 e. The van der Waals surface area contributed by atoms with Gasteiger partial charge in [0.1, 0.15) is 0 Å². The first kappa shape index (κ1) is 20.3. The number of nitrogens with one attached hydrogen (secondary N) is 2. The van der Waals surface area contributed by atoms with Gasteiger partial charge in [0.25, 0.3) is 0 Å². The fraction of sp³-hybridized carbons (Fsp3) is 0.304. The van der Waals surface area contributed by atoms with Crippen LogP contribution in [0.3, 0.4) is 0 Å². The lowest BCUT2D eigenvalue weighted by molar-refractivity contribution is 0.113. The molecule has 0 unspecified atom stereocenters. The fourth-order valence-corrected chi connectivity index (χ4v) is 9.92. The molecule has 0 amide bonds. The summed E-state index contributed by atoms with van der Waals surface area (Å²) in [6.07, 6.45) is 12.1. The number of terminal acetylenes is 2. The maximum atomic E-state index is 6.91. The quantitative estimate of drug-likeness (QED) is 0.415. The minimum absolute atomic E-state index is 0.682. The summed E-state index contributed by atoms with van der Waals surface area (Å²) in [6.45, 7) is 9.57. The van der Waals surface area contributed by atoms with Crippen LogP contribution >= 0.6 is 0 Å². The Morgan fingerprint density at radius 2 is 1.39 bits per heavy atom. The summed E-state index contributed by atoms with van der Waals surface area (Å²) in [5.41, 5.74) is 3.58. The van der Waals surface area contributed by atoms with Crippen molar-refractivity contribution in [1.82, 2.24) is 0 Å². The predicted molar refractivity (Wildman–Crippen MR) is 124 cm³/mol. The highest BCUT2D eigenvalue weighted by Gasteiger charge is 2.53. The summed E-state index contributed by atoms with van der Waals surface area (Å²) in [5.74, 6) is 4.72. The van der Waals surface area contributed by atoms with Crippen LogP contribution in [0.15, 0.2) is 48.5 Å². The maximum absolute atomic E-state index is 6.91. The molecular weight excluding hydrogens is 376 g/mol. The molecule has 3 nitrogen and oxygen atoms in total. The van der Waals surface area contributed by atoms with Crippen molar-refractivity contribution in [2.75, 3.05) is 10.6 Å². The zero-order chi connectivity index (χ0) is 20.4. The standard InChI is InChI=1S/C23H28N2OSi2/c1-7-19-11-9-13-21(17-19)24-23(15-16-27(3,4)28(5,6)26-23)25-22-14-10-12-20(8-2)18-22/h1-2,9-14,17-18,24-25H,15-16H2,3-6H3. The van der Waals surface area contributed by atoms with Crippen LogP contribution in [0.1, 0.15) is 17.5 Å². The van der Waals surface area contributed by atoms with Crippen molar-refractivity contribution in [3.63, 3.8) is 0 Å². The van der Waals surface area contributed by atoms with Gasteiger partial charge in [-0.25, -0.2) is 0 Å². The Morgan fingerprint density at radius 1 is 0.893 bits per heavy atom. The molecule has 0 aliphatic carbocycles. The second-order valence-corrected chi connectivity index (χ2v) is 23.7. The minimum Gasteiger partial charge on any atom is -0.382 e. The summed E-state index contributed by atoms with van der Waals surface area (Å²) < 4.78 is 6.91. The SMILES string of the molecule is C#Cc1cccc(NC2(Nc3cccc(C#C)c3)CC[Si](C)(C)[Si](C)(C)O2)c1. The minimum atomic E-state index is -1.87. The Kier molecular flexibility index (Phi) is 5.45. The lowest BCUT2D eigenvalue weighted by atomic mass is 10.1. The third kappa shape index (κ3) is 4.18. The van der Waals surface area contributed by atoms with Gasteiger partial charge in [0.15, 0.2) is 7.83 Å². The number of hydrogen-bond acceptors (Lipinski definition) is 3. The smallest absolute Gasteiger partial charge is 0.206 e. The van der Waals surface area contributed by atoms with Gasteiger partial charge in [0, 0.05) is 28.9 Å². The highest BCUT2D eigenvalue weighted by atomic mass is 29.3. The number of anilines is 2. The van der Waals surface area contributed by atoms with Gasteiger partial charge in [-0.3, -0.25) is 0 Å². The third-order valence-electron chi connectivity index (χ3n) is 5.91. The van der Waals surface area contributed by atoms with Crippen LogP contribution in [0.4, 0.5) is 11.4 Å². The first-order chi connectivity index (χ1) is 13.2. The van der Waals surface area contributed by atoms with Crippen molar-refractivity contribution in [3.05, 3.63) is 59.7 Å². The van der Waals surface area contributed by atoms with Crippen LogP contribution < -0.4 is 10.6 Å². The van der Waals surface area contributed by atoms with E-state index < -0.39 is 21.3 Å². The Balaban J connectivity index is 1.98. The van der Waals surface area contributed by atoms with E-state index in [0.717, 1.165) is 28.9 Å². The molecule has 1 heterocycles. The van der Waals surface area contributed by atoms with E-state index in [4.69, 9.17) is 17.3 Å². The van der Waals surface area contributed by atoms with Crippen molar-refractivity contribution in [2.24, 2.45) is 0 Å². The number of rotatable bonds is 4. The van der Waals surface area contributed by atoms with Crippen LogP contribution in [-0.4, -0.2) is 21.3 Å². The van der Waals surface area contributed by atoms with E-state index in [1.165, 1.54) is 6.04 Å². The molecule has 0 bridgehead atoms. The van der Waals surface area contributed by atoms with E-state index in [9.17, 15) is 0 Å². The molecule has 1 saturated heterocycles. The summed E-state index contributed by atoms with van der Waals surface area (Å²) in [7, 11) is -3.28. The van der Waals surface area contributed by atoms with Crippen molar-refractivity contribution < 1.29 is 4.43 Å². The highest BCUT2D eigenvalue weighted by Crippen LogP contribution is 2.40. The molecule has 0 aromatic heterocycles. The second kappa shape index (κ2) is 7.52. The lowest BCUT2D eigenvalue weighted by Gasteiger charge is -2.52. The normalized spacial score (nSPS) is 19.1. The van der Waals surface area contributed by atoms with Crippen molar-refractivity contribution >= 4 is 26.8 Å². The molecule has 144 valence electrons. The van der Waals surface area contributed by atoms with E-state index in [2.05, 4.69) is 48.7 Å².